The van der Waals surface area contributed by atoms with E-state index in [0.29, 0.717) is 13.1 Å². The number of nitrogens with zero attached hydrogens (tertiary/aromatic N) is 3. The lowest BCUT2D eigenvalue weighted by atomic mass is 10.1. The minimum atomic E-state index is -0.602. The zero-order chi connectivity index (χ0) is 17.7. The van der Waals surface area contributed by atoms with Crippen molar-refractivity contribution in [3.05, 3.63) is 24.3 Å². The SMILES string of the molecule is COc1ccc(N2CC(O)CN3C4C(=O)NC(=O)N(C)C4NC23)cc1. The Hall–Kier alpha value is -2.36. The van der Waals surface area contributed by atoms with Gasteiger partial charge in [0.05, 0.1) is 13.2 Å². The highest BCUT2D eigenvalue weighted by Gasteiger charge is 2.54. The number of anilines is 1. The predicted octanol–water partition coefficient (Wildman–Crippen LogP) is -1.06. The third kappa shape index (κ3) is 2.51. The van der Waals surface area contributed by atoms with Crippen molar-refractivity contribution < 1.29 is 19.4 Å². The molecule has 0 spiro atoms. The van der Waals surface area contributed by atoms with E-state index in [1.165, 1.54) is 4.90 Å². The summed E-state index contributed by atoms with van der Waals surface area (Å²) >= 11 is 0. The fraction of sp³-hybridized carbons (Fsp3) is 0.500. The summed E-state index contributed by atoms with van der Waals surface area (Å²) in [6.45, 7) is 0.792. The van der Waals surface area contributed by atoms with Crippen molar-refractivity contribution >= 4 is 17.6 Å². The summed E-state index contributed by atoms with van der Waals surface area (Å²) < 4.78 is 5.19. The molecule has 1 aromatic rings. The van der Waals surface area contributed by atoms with Crippen molar-refractivity contribution in [1.29, 1.82) is 0 Å². The monoisotopic (exact) mass is 347 g/mol. The van der Waals surface area contributed by atoms with Crippen molar-refractivity contribution in [3.63, 3.8) is 0 Å². The van der Waals surface area contributed by atoms with Crippen molar-refractivity contribution in [2.45, 2.75) is 24.6 Å². The molecule has 0 aliphatic carbocycles. The summed E-state index contributed by atoms with van der Waals surface area (Å²) in [6, 6.07) is 6.57. The average molecular weight is 347 g/mol. The summed E-state index contributed by atoms with van der Waals surface area (Å²) in [5, 5.41) is 16.1. The number of urea groups is 1. The quantitative estimate of drug-likeness (QED) is 0.627. The summed E-state index contributed by atoms with van der Waals surface area (Å²) in [7, 11) is 3.26. The molecule has 9 heteroatoms. The van der Waals surface area contributed by atoms with E-state index in [-0.39, 0.29) is 12.2 Å². The number of fused-ring (bicyclic) bond motifs is 3. The Morgan fingerprint density at radius 3 is 2.60 bits per heavy atom. The molecule has 4 atom stereocenters. The van der Waals surface area contributed by atoms with Crippen LogP contribution in [0.4, 0.5) is 10.5 Å². The Morgan fingerprint density at radius 1 is 1.20 bits per heavy atom. The Kier molecular flexibility index (Phi) is 3.78. The van der Waals surface area contributed by atoms with Crippen molar-refractivity contribution in [3.8, 4) is 5.75 Å². The Morgan fingerprint density at radius 2 is 1.92 bits per heavy atom. The molecule has 3 heterocycles. The van der Waals surface area contributed by atoms with Gasteiger partial charge in [-0.2, -0.15) is 0 Å². The molecule has 0 bridgehead atoms. The van der Waals surface area contributed by atoms with Gasteiger partial charge in [0.2, 0.25) is 5.91 Å². The molecule has 0 radical (unpaired) electrons. The number of amides is 3. The molecule has 3 aliphatic rings. The van der Waals surface area contributed by atoms with E-state index in [1.54, 1.807) is 14.2 Å². The second-order valence-electron chi connectivity index (χ2n) is 6.54. The van der Waals surface area contributed by atoms with Gasteiger partial charge >= 0.3 is 6.03 Å². The zero-order valence-electron chi connectivity index (χ0n) is 14.0. The molecular formula is C16H21N5O4. The number of likely N-dealkylation sites (N-methyl/N-ethyl adjacent to an activating group) is 1. The molecule has 25 heavy (non-hydrogen) atoms. The number of hydrogen-bond donors (Lipinski definition) is 3. The van der Waals surface area contributed by atoms with Gasteiger partial charge in [-0.05, 0) is 24.3 Å². The molecule has 9 nitrogen and oxygen atoms in total. The first kappa shape index (κ1) is 16.1. The van der Waals surface area contributed by atoms with Gasteiger partial charge in [0, 0.05) is 25.8 Å². The van der Waals surface area contributed by atoms with Crippen LogP contribution in [0.5, 0.6) is 5.75 Å². The van der Waals surface area contributed by atoms with Gasteiger partial charge in [-0.15, -0.1) is 0 Å². The Bertz CT molecular complexity index is 696. The number of imide groups is 1. The molecule has 3 amide bonds. The highest BCUT2D eigenvalue weighted by atomic mass is 16.5. The van der Waals surface area contributed by atoms with Crippen LogP contribution >= 0.6 is 0 Å². The number of aliphatic hydroxyl groups is 1. The van der Waals surface area contributed by atoms with Gasteiger partial charge in [-0.3, -0.25) is 20.3 Å². The lowest BCUT2D eigenvalue weighted by Crippen LogP contribution is -2.66. The van der Waals surface area contributed by atoms with Crippen LogP contribution in [-0.2, 0) is 4.79 Å². The molecular weight excluding hydrogens is 326 g/mol. The molecule has 1 aromatic carbocycles. The highest BCUT2D eigenvalue weighted by molar-refractivity contribution is 6.00. The van der Waals surface area contributed by atoms with E-state index in [1.807, 2.05) is 34.1 Å². The number of benzene rings is 1. The van der Waals surface area contributed by atoms with E-state index in [4.69, 9.17) is 4.74 Å². The number of methoxy groups -OCH3 is 1. The van der Waals surface area contributed by atoms with Crippen LogP contribution in [0.25, 0.3) is 0 Å². The number of ether oxygens (including phenoxy) is 1. The van der Waals surface area contributed by atoms with Crippen LogP contribution in [0.2, 0.25) is 0 Å². The topological polar surface area (TPSA) is 97.4 Å². The molecule has 3 aliphatic heterocycles. The van der Waals surface area contributed by atoms with Crippen molar-refractivity contribution in [1.82, 2.24) is 20.4 Å². The lowest BCUT2D eigenvalue weighted by molar-refractivity contribution is -0.128. The minimum Gasteiger partial charge on any atom is -0.497 e. The Balaban J connectivity index is 1.66. The third-order valence-corrected chi connectivity index (χ3v) is 5.06. The molecule has 3 saturated heterocycles. The van der Waals surface area contributed by atoms with Crippen LogP contribution in [0.3, 0.4) is 0 Å². The standard InChI is InChI=1S/C16H21N5O4/c1-19-13-12(14(23)18-16(19)24)21-8-10(22)7-20(15(21)17-13)9-3-5-11(25-2)6-4-9/h3-6,10,12-13,15,17,22H,7-8H2,1-2H3,(H,18,23,24). The number of rotatable bonds is 2. The second-order valence-corrected chi connectivity index (χ2v) is 6.54. The normalized spacial score (nSPS) is 32.3. The van der Waals surface area contributed by atoms with E-state index in [2.05, 4.69) is 10.6 Å². The van der Waals surface area contributed by atoms with Crippen molar-refractivity contribution in [2.75, 3.05) is 32.1 Å². The van der Waals surface area contributed by atoms with Gasteiger partial charge in [0.15, 0.2) is 0 Å². The van der Waals surface area contributed by atoms with E-state index >= 15 is 0 Å². The number of hydrogen-bond acceptors (Lipinski definition) is 7. The highest BCUT2D eigenvalue weighted by Crippen LogP contribution is 2.31. The molecule has 3 N–H and O–H groups in total. The average Bonchev–Trinajstić information content (AvgIpc) is 2.99. The summed E-state index contributed by atoms with van der Waals surface area (Å²) in [6.07, 6.45) is -1.32. The molecule has 0 saturated carbocycles. The van der Waals surface area contributed by atoms with Crippen LogP contribution in [0, 0.1) is 0 Å². The van der Waals surface area contributed by atoms with E-state index in [9.17, 15) is 14.7 Å². The maximum Gasteiger partial charge on any atom is 0.325 e. The zero-order valence-corrected chi connectivity index (χ0v) is 14.0. The molecule has 0 aromatic heterocycles. The predicted molar refractivity (Wildman–Crippen MR) is 88.9 cm³/mol. The first-order valence-electron chi connectivity index (χ1n) is 8.18. The maximum absolute atomic E-state index is 12.4. The first-order chi connectivity index (χ1) is 12.0. The lowest BCUT2D eigenvalue weighted by Gasteiger charge is -2.44. The van der Waals surface area contributed by atoms with Crippen LogP contribution in [0.1, 0.15) is 0 Å². The van der Waals surface area contributed by atoms with Crippen LogP contribution in [-0.4, -0.2) is 78.7 Å². The number of aliphatic hydroxyl groups excluding tert-OH is 1. The van der Waals surface area contributed by atoms with E-state index < -0.39 is 24.3 Å². The van der Waals surface area contributed by atoms with Gasteiger partial charge in [0.1, 0.15) is 24.2 Å². The number of nitrogens with one attached hydrogen (secondary N) is 2. The second kappa shape index (κ2) is 5.87. The largest absolute Gasteiger partial charge is 0.497 e. The van der Waals surface area contributed by atoms with Gasteiger partial charge in [-0.1, -0.05) is 0 Å². The number of β-amino-alcohol motifs (C(OH)–C–C–N with tert-alkyl or cyclic N) is 1. The molecule has 4 unspecified atom stereocenters. The summed E-state index contributed by atoms with van der Waals surface area (Å²) in [4.78, 5) is 29.7. The van der Waals surface area contributed by atoms with Gasteiger partial charge < -0.3 is 19.6 Å². The molecule has 134 valence electrons. The smallest absolute Gasteiger partial charge is 0.325 e. The molecule has 3 fully saturated rings. The van der Waals surface area contributed by atoms with E-state index in [0.717, 1.165) is 11.4 Å². The fourth-order valence-electron chi connectivity index (χ4n) is 3.82. The van der Waals surface area contributed by atoms with Gasteiger partial charge in [-0.25, -0.2) is 4.79 Å². The number of carbonyl (C=O) groups is 2. The van der Waals surface area contributed by atoms with Gasteiger partial charge in [0.25, 0.3) is 0 Å². The number of carbonyl (C=O) groups excluding carboxylic acids is 2. The fourth-order valence-corrected chi connectivity index (χ4v) is 3.82. The minimum absolute atomic E-state index is 0.286. The Labute approximate surface area is 145 Å². The van der Waals surface area contributed by atoms with Crippen molar-refractivity contribution in [2.24, 2.45) is 0 Å². The summed E-state index contributed by atoms with van der Waals surface area (Å²) in [5.41, 5.74) is 0.898. The first-order valence-corrected chi connectivity index (χ1v) is 8.18. The summed E-state index contributed by atoms with van der Waals surface area (Å²) in [5.74, 6) is 0.405. The molecule has 4 rings (SSSR count). The van der Waals surface area contributed by atoms with Crippen LogP contribution < -0.4 is 20.3 Å². The maximum atomic E-state index is 12.4. The third-order valence-electron chi connectivity index (χ3n) is 5.06. The van der Waals surface area contributed by atoms with Crippen LogP contribution in [0.15, 0.2) is 24.3 Å².